The molecule has 25 heavy (non-hydrogen) atoms. The smallest absolute Gasteiger partial charge is 0.233 e. The normalized spacial score (nSPS) is 18.8. The Morgan fingerprint density at radius 1 is 1.28 bits per heavy atom. The fourth-order valence-electron chi connectivity index (χ4n) is 3.71. The number of nitrogens with two attached hydrogens (primary N) is 1. The van der Waals surface area contributed by atoms with Crippen molar-refractivity contribution >= 4 is 22.4 Å². The van der Waals surface area contributed by atoms with E-state index in [1.54, 1.807) is 0 Å². The van der Waals surface area contributed by atoms with Gasteiger partial charge in [0.25, 0.3) is 0 Å². The number of rotatable bonds is 4. The van der Waals surface area contributed by atoms with Crippen LogP contribution >= 0.6 is 11.3 Å². The van der Waals surface area contributed by atoms with Gasteiger partial charge in [-0.2, -0.15) is 0 Å². The zero-order chi connectivity index (χ0) is 17.3. The summed E-state index contributed by atoms with van der Waals surface area (Å²) < 4.78 is 5.38. The SMILES string of the molecule is NCC1(C(=O)Nc2nc(-c3ccc4c(c3)CCC4)cs2)CCOCC1. The van der Waals surface area contributed by atoms with Crippen LogP contribution in [0.2, 0.25) is 0 Å². The van der Waals surface area contributed by atoms with Crippen molar-refractivity contribution in [3.8, 4) is 11.3 Å². The Labute approximate surface area is 151 Å². The van der Waals surface area contributed by atoms with E-state index in [4.69, 9.17) is 10.5 Å². The molecule has 0 spiro atoms. The highest BCUT2D eigenvalue weighted by atomic mass is 32.1. The predicted octanol–water partition coefficient (Wildman–Crippen LogP) is 2.99. The number of aromatic nitrogens is 1. The minimum absolute atomic E-state index is 0.0341. The first-order chi connectivity index (χ1) is 12.2. The molecule has 2 heterocycles. The highest BCUT2D eigenvalue weighted by molar-refractivity contribution is 7.14. The fraction of sp³-hybridized carbons (Fsp3) is 0.474. The Morgan fingerprint density at radius 2 is 2.08 bits per heavy atom. The zero-order valence-electron chi connectivity index (χ0n) is 14.2. The molecular formula is C19H23N3O2S. The van der Waals surface area contributed by atoms with E-state index >= 15 is 0 Å². The third kappa shape index (κ3) is 3.21. The lowest BCUT2D eigenvalue weighted by atomic mass is 9.79. The van der Waals surface area contributed by atoms with Gasteiger partial charge in [0.1, 0.15) is 0 Å². The van der Waals surface area contributed by atoms with Gasteiger partial charge in [-0.25, -0.2) is 4.98 Å². The highest BCUT2D eigenvalue weighted by Gasteiger charge is 2.39. The van der Waals surface area contributed by atoms with E-state index in [9.17, 15) is 4.79 Å². The lowest BCUT2D eigenvalue weighted by molar-refractivity contribution is -0.130. The summed E-state index contributed by atoms with van der Waals surface area (Å²) in [5, 5.41) is 5.62. The molecule has 3 N–H and O–H groups in total. The van der Waals surface area contributed by atoms with Gasteiger partial charge < -0.3 is 15.8 Å². The molecule has 2 aromatic rings. The van der Waals surface area contributed by atoms with Crippen molar-refractivity contribution in [3.05, 3.63) is 34.7 Å². The van der Waals surface area contributed by atoms with Gasteiger partial charge >= 0.3 is 0 Å². The number of hydrogen-bond acceptors (Lipinski definition) is 5. The first kappa shape index (κ1) is 16.7. The Bertz CT molecular complexity index is 781. The minimum Gasteiger partial charge on any atom is -0.381 e. The highest BCUT2D eigenvalue weighted by Crippen LogP contribution is 2.33. The van der Waals surface area contributed by atoms with E-state index in [1.165, 1.54) is 35.3 Å². The number of benzene rings is 1. The van der Waals surface area contributed by atoms with Crippen LogP contribution in [-0.4, -0.2) is 30.6 Å². The van der Waals surface area contributed by atoms with Gasteiger partial charge in [0.15, 0.2) is 5.13 Å². The van der Waals surface area contributed by atoms with Crippen molar-refractivity contribution in [2.75, 3.05) is 25.1 Å². The number of hydrogen-bond donors (Lipinski definition) is 2. The van der Waals surface area contributed by atoms with E-state index in [1.807, 2.05) is 5.38 Å². The second kappa shape index (κ2) is 6.86. The number of nitrogens with zero attached hydrogens (tertiary/aromatic N) is 1. The molecule has 1 aromatic carbocycles. The van der Waals surface area contributed by atoms with Gasteiger partial charge in [-0.1, -0.05) is 12.1 Å². The van der Waals surface area contributed by atoms with Crippen LogP contribution in [0.5, 0.6) is 0 Å². The molecular weight excluding hydrogens is 334 g/mol. The molecule has 6 heteroatoms. The Balaban J connectivity index is 1.50. The number of anilines is 1. The molecule has 1 saturated heterocycles. The molecule has 1 aromatic heterocycles. The van der Waals surface area contributed by atoms with E-state index < -0.39 is 5.41 Å². The number of nitrogens with one attached hydrogen (secondary N) is 1. The third-order valence-corrected chi connectivity index (χ3v) is 6.20. The van der Waals surface area contributed by atoms with E-state index in [2.05, 4.69) is 28.5 Å². The van der Waals surface area contributed by atoms with Crippen molar-refractivity contribution in [2.24, 2.45) is 11.1 Å². The van der Waals surface area contributed by atoms with Gasteiger partial charge in [-0.3, -0.25) is 4.79 Å². The van der Waals surface area contributed by atoms with Gasteiger partial charge in [0.05, 0.1) is 11.1 Å². The Morgan fingerprint density at radius 3 is 2.88 bits per heavy atom. The number of carbonyl (C=O) groups is 1. The average Bonchev–Trinajstić information content (AvgIpc) is 3.30. The van der Waals surface area contributed by atoms with Crippen LogP contribution in [0.15, 0.2) is 23.6 Å². The number of thiazole rings is 1. The van der Waals surface area contributed by atoms with Crippen molar-refractivity contribution in [2.45, 2.75) is 32.1 Å². The standard InChI is InChI=1S/C19H23N3O2S/c20-12-19(6-8-24-9-7-19)17(23)22-18-21-16(11-25-18)15-5-4-13-2-1-3-14(13)10-15/h4-5,10-11H,1-3,6-9,12,20H2,(H,21,22,23). The number of carbonyl (C=O) groups excluding carboxylic acids is 1. The van der Waals surface area contributed by atoms with Crippen LogP contribution < -0.4 is 11.1 Å². The van der Waals surface area contributed by atoms with Crippen molar-refractivity contribution in [3.63, 3.8) is 0 Å². The van der Waals surface area contributed by atoms with Crippen molar-refractivity contribution in [1.29, 1.82) is 0 Å². The number of amides is 1. The maximum Gasteiger partial charge on any atom is 0.233 e. The summed E-state index contributed by atoms with van der Waals surface area (Å²) in [5.74, 6) is -0.0341. The first-order valence-electron chi connectivity index (χ1n) is 8.87. The minimum atomic E-state index is -0.530. The topological polar surface area (TPSA) is 77.2 Å². The summed E-state index contributed by atoms with van der Waals surface area (Å²) >= 11 is 1.46. The molecule has 0 radical (unpaired) electrons. The monoisotopic (exact) mass is 357 g/mol. The van der Waals surface area contributed by atoms with Crippen LogP contribution in [0.25, 0.3) is 11.3 Å². The molecule has 0 unspecified atom stereocenters. The summed E-state index contributed by atoms with van der Waals surface area (Å²) in [4.78, 5) is 17.4. The molecule has 1 amide bonds. The molecule has 0 atom stereocenters. The molecule has 1 aliphatic heterocycles. The Kier molecular flexibility index (Phi) is 4.58. The summed E-state index contributed by atoms with van der Waals surface area (Å²) in [7, 11) is 0. The summed E-state index contributed by atoms with van der Waals surface area (Å²) in [6, 6.07) is 6.58. The molecule has 5 nitrogen and oxygen atoms in total. The predicted molar refractivity (Wildman–Crippen MR) is 99.7 cm³/mol. The first-order valence-corrected chi connectivity index (χ1v) is 9.75. The largest absolute Gasteiger partial charge is 0.381 e. The maximum absolute atomic E-state index is 12.7. The van der Waals surface area contributed by atoms with E-state index in [-0.39, 0.29) is 5.91 Å². The second-order valence-corrected chi connectivity index (χ2v) is 7.78. The zero-order valence-corrected chi connectivity index (χ0v) is 15.0. The van der Waals surface area contributed by atoms with Gasteiger partial charge in [0.2, 0.25) is 5.91 Å². The molecule has 1 aliphatic carbocycles. The molecule has 4 rings (SSSR count). The molecule has 0 saturated carbocycles. The Hall–Kier alpha value is -1.76. The van der Waals surface area contributed by atoms with Gasteiger partial charge in [0, 0.05) is 30.7 Å². The van der Waals surface area contributed by atoms with Crippen LogP contribution in [0.1, 0.15) is 30.4 Å². The number of fused-ring (bicyclic) bond motifs is 1. The number of aryl methyl sites for hydroxylation is 2. The van der Waals surface area contributed by atoms with Gasteiger partial charge in [-0.05, 0) is 49.3 Å². The van der Waals surface area contributed by atoms with Crippen molar-refractivity contribution in [1.82, 2.24) is 4.98 Å². The average molecular weight is 357 g/mol. The molecule has 132 valence electrons. The summed E-state index contributed by atoms with van der Waals surface area (Å²) in [5.41, 5.74) is 10.3. The van der Waals surface area contributed by atoms with Crippen LogP contribution in [0.3, 0.4) is 0 Å². The second-order valence-electron chi connectivity index (χ2n) is 6.93. The third-order valence-electron chi connectivity index (χ3n) is 5.44. The maximum atomic E-state index is 12.7. The van der Waals surface area contributed by atoms with Crippen molar-refractivity contribution < 1.29 is 9.53 Å². The molecule has 0 bridgehead atoms. The lowest BCUT2D eigenvalue weighted by Crippen LogP contribution is -2.46. The quantitative estimate of drug-likeness (QED) is 0.882. The summed E-state index contributed by atoms with van der Waals surface area (Å²) in [6.07, 6.45) is 4.90. The van der Waals surface area contributed by atoms with Crippen LogP contribution in [0.4, 0.5) is 5.13 Å². The van der Waals surface area contributed by atoms with E-state index in [0.717, 1.165) is 17.7 Å². The molecule has 2 aliphatic rings. The van der Waals surface area contributed by atoms with Gasteiger partial charge in [-0.15, -0.1) is 11.3 Å². The molecule has 1 fully saturated rings. The van der Waals surface area contributed by atoms with E-state index in [0.29, 0.717) is 37.7 Å². The summed E-state index contributed by atoms with van der Waals surface area (Å²) in [6.45, 7) is 1.51. The van der Waals surface area contributed by atoms with Crippen LogP contribution in [-0.2, 0) is 22.4 Å². The number of ether oxygens (including phenoxy) is 1. The fourth-order valence-corrected chi connectivity index (χ4v) is 4.43. The van der Waals surface area contributed by atoms with Crippen LogP contribution in [0, 0.1) is 5.41 Å². The lowest BCUT2D eigenvalue weighted by Gasteiger charge is -2.34.